The van der Waals surface area contributed by atoms with E-state index in [4.69, 9.17) is 4.74 Å². The third-order valence-corrected chi connectivity index (χ3v) is 6.09. The van der Waals surface area contributed by atoms with Crippen molar-refractivity contribution in [1.82, 2.24) is 0 Å². The van der Waals surface area contributed by atoms with Gasteiger partial charge in [-0.25, -0.2) is 4.79 Å². The molecular formula is C25H21F9N2O2. The number of nitrogens with zero attached hydrogens (tertiary/aromatic N) is 2. The number of anilines is 1. The highest BCUT2D eigenvalue weighted by Gasteiger charge is 2.43. The fourth-order valence-electron chi connectivity index (χ4n) is 4.49. The van der Waals surface area contributed by atoms with Gasteiger partial charge in [-0.3, -0.25) is 4.90 Å². The zero-order valence-electron chi connectivity index (χ0n) is 20.1. The van der Waals surface area contributed by atoms with E-state index in [9.17, 15) is 49.6 Å². The molecule has 1 heterocycles. The lowest BCUT2D eigenvalue weighted by Gasteiger charge is -2.40. The SMILES string of the molecule is CC(C)OC(=O)N1c2ccc(C(F)(F)F)cc2[C@@H]([C@@H](C#N)c2cc(C(F)(F)F)cc(C(F)(F)F)c2)C[C@H]1C. The Labute approximate surface area is 211 Å². The van der Waals surface area contributed by atoms with Crippen LogP contribution in [0.2, 0.25) is 0 Å². The normalized spacial score (nSPS) is 19.1. The maximum absolute atomic E-state index is 13.5. The fourth-order valence-corrected chi connectivity index (χ4v) is 4.49. The Morgan fingerprint density at radius 1 is 0.921 bits per heavy atom. The average Bonchev–Trinajstić information content (AvgIpc) is 2.76. The highest BCUT2D eigenvalue weighted by molar-refractivity contribution is 5.90. The molecule has 1 amide bonds. The number of alkyl halides is 9. The number of fused-ring (bicyclic) bond motifs is 1. The van der Waals surface area contributed by atoms with Crippen LogP contribution < -0.4 is 4.90 Å². The third kappa shape index (κ3) is 6.00. The molecule has 3 rings (SSSR count). The summed E-state index contributed by atoms with van der Waals surface area (Å²) in [4.78, 5) is 13.8. The minimum absolute atomic E-state index is 0.0873. The van der Waals surface area contributed by atoms with Crippen molar-refractivity contribution in [3.63, 3.8) is 0 Å². The van der Waals surface area contributed by atoms with Crippen molar-refractivity contribution in [3.8, 4) is 6.07 Å². The van der Waals surface area contributed by atoms with E-state index < -0.39 is 70.9 Å². The number of halogens is 9. The maximum Gasteiger partial charge on any atom is 0.416 e. The van der Waals surface area contributed by atoms with E-state index in [0.29, 0.717) is 24.3 Å². The molecule has 0 bridgehead atoms. The fraction of sp³-hybridized carbons (Fsp3) is 0.440. The second kappa shape index (κ2) is 10.0. The lowest BCUT2D eigenvalue weighted by molar-refractivity contribution is -0.143. The summed E-state index contributed by atoms with van der Waals surface area (Å²) in [6.07, 6.45) is -17.0. The molecule has 0 radical (unpaired) electrons. The topological polar surface area (TPSA) is 53.3 Å². The lowest BCUT2D eigenvalue weighted by Crippen LogP contribution is -2.45. The summed E-state index contributed by atoms with van der Waals surface area (Å²) in [6.45, 7) is 4.57. The first kappa shape index (κ1) is 29.1. The molecular weight excluding hydrogens is 531 g/mol. The Morgan fingerprint density at radius 3 is 1.89 bits per heavy atom. The van der Waals surface area contributed by atoms with Crippen LogP contribution in [0, 0.1) is 11.3 Å². The molecule has 0 aliphatic carbocycles. The molecule has 0 saturated heterocycles. The van der Waals surface area contributed by atoms with Gasteiger partial charge in [0, 0.05) is 12.0 Å². The number of ether oxygens (including phenoxy) is 1. The van der Waals surface area contributed by atoms with Gasteiger partial charge in [0.1, 0.15) is 0 Å². The van der Waals surface area contributed by atoms with Crippen molar-refractivity contribution in [1.29, 1.82) is 5.26 Å². The predicted molar refractivity (Wildman–Crippen MR) is 117 cm³/mol. The molecule has 3 atom stereocenters. The van der Waals surface area contributed by atoms with Crippen LogP contribution in [0.15, 0.2) is 36.4 Å². The zero-order chi connectivity index (χ0) is 28.8. The molecule has 0 N–H and O–H groups in total. The van der Waals surface area contributed by atoms with Crippen molar-refractivity contribution in [2.75, 3.05) is 4.90 Å². The van der Waals surface area contributed by atoms with Crippen LogP contribution in [-0.4, -0.2) is 18.2 Å². The Hall–Kier alpha value is -3.43. The zero-order valence-corrected chi connectivity index (χ0v) is 20.1. The predicted octanol–water partition coefficient (Wildman–Crippen LogP) is 8.28. The van der Waals surface area contributed by atoms with Gasteiger partial charge in [0.2, 0.25) is 0 Å². The van der Waals surface area contributed by atoms with Crippen molar-refractivity contribution >= 4 is 11.8 Å². The number of hydrogen-bond donors (Lipinski definition) is 0. The van der Waals surface area contributed by atoms with Crippen molar-refractivity contribution in [3.05, 3.63) is 64.2 Å². The molecule has 0 aromatic heterocycles. The van der Waals surface area contributed by atoms with Gasteiger partial charge >= 0.3 is 24.6 Å². The minimum atomic E-state index is -5.19. The van der Waals surface area contributed by atoms with Gasteiger partial charge in [-0.05, 0) is 74.7 Å². The Bertz CT molecular complexity index is 1210. The van der Waals surface area contributed by atoms with Crippen molar-refractivity contribution in [2.45, 2.75) is 69.7 Å². The number of benzene rings is 2. The Kier molecular flexibility index (Phi) is 7.69. The Morgan fingerprint density at radius 2 is 1.45 bits per heavy atom. The summed E-state index contributed by atoms with van der Waals surface area (Å²) < 4.78 is 126. The first-order chi connectivity index (χ1) is 17.3. The smallest absolute Gasteiger partial charge is 0.416 e. The quantitative estimate of drug-likeness (QED) is 0.360. The molecule has 38 heavy (non-hydrogen) atoms. The number of amides is 1. The summed E-state index contributed by atoms with van der Waals surface area (Å²) in [5.41, 5.74) is -5.44. The molecule has 0 unspecified atom stereocenters. The molecule has 1 aliphatic heterocycles. The molecule has 0 fully saturated rings. The molecule has 2 aromatic carbocycles. The first-order valence-electron chi connectivity index (χ1n) is 11.2. The van der Waals surface area contributed by atoms with E-state index in [-0.39, 0.29) is 23.7 Å². The van der Waals surface area contributed by atoms with Crippen molar-refractivity contribution in [2.24, 2.45) is 0 Å². The second-order valence-corrected chi connectivity index (χ2v) is 9.21. The van der Waals surface area contributed by atoms with Gasteiger partial charge in [-0.1, -0.05) is 0 Å². The summed E-state index contributed by atoms with van der Waals surface area (Å²) in [5.74, 6) is -2.98. The van der Waals surface area contributed by atoms with E-state index in [1.54, 1.807) is 19.9 Å². The highest BCUT2D eigenvalue weighted by atomic mass is 19.4. The van der Waals surface area contributed by atoms with Crippen LogP contribution in [0.4, 0.5) is 50.0 Å². The number of rotatable bonds is 3. The molecule has 206 valence electrons. The largest absolute Gasteiger partial charge is 0.446 e. The number of carbonyl (C=O) groups is 1. The van der Waals surface area contributed by atoms with Crippen molar-refractivity contribution < 1.29 is 49.0 Å². The summed E-state index contributed by atoms with van der Waals surface area (Å²) in [5, 5.41) is 9.91. The Balaban J connectivity index is 2.25. The van der Waals surface area contributed by atoms with Gasteiger partial charge in [0.15, 0.2) is 0 Å². The van der Waals surface area contributed by atoms with E-state index >= 15 is 0 Å². The van der Waals surface area contributed by atoms with Gasteiger partial charge < -0.3 is 4.74 Å². The average molecular weight is 552 g/mol. The van der Waals surface area contributed by atoms with Crippen LogP contribution in [0.3, 0.4) is 0 Å². The molecule has 2 aromatic rings. The molecule has 4 nitrogen and oxygen atoms in total. The van der Waals surface area contributed by atoms with Gasteiger partial charge in [0.25, 0.3) is 0 Å². The van der Waals surface area contributed by atoms with Crippen LogP contribution in [0.1, 0.15) is 66.8 Å². The molecule has 1 aliphatic rings. The van der Waals surface area contributed by atoms with Gasteiger partial charge in [0.05, 0.1) is 40.5 Å². The summed E-state index contributed by atoms with van der Waals surface area (Å²) >= 11 is 0. The summed E-state index contributed by atoms with van der Waals surface area (Å²) in [7, 11) is 0. The minimum Gasteiger partial charge on any atom is -0.446 e. The van der Waals surface area contributed by atoms with Gasteiger partial charge in [-0.2, -0.15) is 44.8 Å². The molecule has 0 spiro atoms. The van der Waals surface area contributed by atoms with E-state index in [2.05, 4.69) is 0 Å². The standard InChI is InChI=1S/C25H21F9N2O2/c1-12(2)38-22(37)36-13(3)6-18(19-10-15(23(26,27)28)4-5-21(19)36)20(11-35)14-7-16(24(29,30)31)9-17(8-14)25(32,33)34/h4-5,7-10,12-13,18,20H,6H2,1-3H3/t13-,18+,20+/m1/s1. The van der Waals surface area contributed by atoms with Gasteiger partial charge in [-0.15, -0.1) is 0 Å². The van der Waals surface area contributed by atoms with E-state index in [1.165, 1.54) is 6.92 Å². The second-order valence-electron chi connectivity index (χ2n) is 9.21. The van der Waals surface area contributed by atoms with Crippen LogP contribution >= 0.6 is 0 Å². The van der Waals surface area contributed by atoms with E-state index in [0.717, 1.165) is 11.0 Å². The monoisotopic (exact) mass is 552 g/mol. The number of carbonyl (C=O) groups excluding carboxylic acids is 1. The molecule has 0 saturated carbocycles. The highest BCUT2D eigenvalue weighted by Crippen LogP contribution is 2.49. The number of hydrogen-bond acceptors (Lipinski definition) is 3. The van der Waals surface area contributed by atoms with E-state index in [1.807, 2.05) is 0 Å². The first-order valence-corrected chi connectivity index (χ1v) is 11.2. The van der Waals surface area contributed by atoms with Crippen LogP contribution in [0.25, 0.3) is 0 Å². The third-order valence-electron chi connectivity index (χ3n) is 6.09. The van der Waals surface area contributed by atoms with Crippen LogP contribution in [0.5, 0.6) is 0 Å². The lowest BCUT2D eigenvalue weighted by atomic mass is 9.74. The van der Waals surface area contributed by atoms with Crippen LogP contribution in [-0.2, 0) is 23.3 Å². The summed E-state index contributed by atoms with van der Waals surface area (Å²) in [6, 6.07) is 3.88. The maximum atomic E-state index is 13.5. The number of nitriles is 1. The molecule has 13 heteroatoms.